The Morgan fingerprint density at radius 2 is 1.23 bits per heavy atom. The summed E-state index contributed by atoms with van der Waals surface area (Å²) in [5.74, 6) is 0. The molecule has 0 radical (unpaired) electrons. The summed E-state index contributed by atoms with van der Waals surface area (Å²) in [5.41, 5.74) is 2.45. The fraction of sp³-hybridized carbons (Fsp3) is 0.739. The van der Waals surface area contributed by atoms with Gasteiger partial charge in [0.25, 0.3) is 0 Å². The quantitative estimate of drug-likeness (QED) is 0.355. The first kappa shape index (κ1) is 22.8. The number of anilines is 2. The number of nitrogens with zero attached hydrogens (tertiary/aromatic N) is 1. The Morgan fingerprint density at radius 1 is 0.731 bits per heavy atom. The Bertz CT molecular complexity index is 439. The van der Waals surface area contributed by atoms with E-state index in [1.807, 2.05) is 0 Å². The Labute approximate surface area is 162 Å². The van der Waals surface area contributed by atoms with Gasteiger partial charge in [-0.25, -0.2) is 0 Å². The van der Waals surface area contributed by atoms with Gasteiger partial charge in [-0.05, 0) is 77.0 Å². The number of benzene rings is 1. The first-order chi connectivity index (χ1) is 12.6. The third-order valence-electron chi connectivity index (χ3n) is 5.21. The van der Waals surface area contributed by atoms with Crippen molar-refractivity contribution < 1.29 is 0 Å². The van der Waals surface area contributed by atoms with Crippen LogP contribution in [0.2, 0.25) is 0 Å². The van der Waals surface area contributed by atoms with Crippen molar-refractivity contribution in [2.75, 3.05) is 30.3 Å². The molecule has 2 atom stereocenters. The predicted molar refractivity (Wildman–Crippen MR) is 118 cm³/mol. The molecule has 0 saturated carbocycles. The lowest BCUT2D eigenvalue weighted by molar-refractivity contribution is 0.295. The van der Waals surface area contributed by atoms with Gasteiger partial charge in [-0.15, -0.1) is 0 Å². The summed E-state index contributed by atoms with van der Waals surface area (Å²) >= 11 is 0. The van der Waals surface area contributed by atoms with Crippen LogP contribution in [-0.4, -0.2) is 36.6 Å². The Morgan fingerprint density at radius 3 is 1.69 bits per heavy atom. The third-order valence-corrected chi connectivity index (χ3v) is 5.21. The maximum absolute atomic E-state index is 3.63. The predicted octanol–water partition coefficient (Wildman–Crippen LogP) is 6.38. The van der Waals surface area contributed by atoms with E-state index in [0.717, 1.165) is 13.1 Å². The normalized spacial score (nSPS) is 13.6. The summed E-state index contributed by atoms with van der Waals surface area (Å²) in [6.07, 6.45) is 9.08. The van der Waals surface area contributed by atoms with Crippen LogP contribution in [0.15, 0.2) is 24.3 Å². The van der Waals surface area contributed by atoms with Crippen LogP contribution in [0.4, 0.5) is 11.4 Å². The number of unbranched alkanes of at least 4 members (excludes halogenated alkanes) is 3. The highest BCUT2D eigenvalue weighted by Crippen LogP contribution is 2.17. The lowest BCUT2D eigenvalue weighted by atomic mass is 10.1. The highest BCUT2D eigenvalue weighted by atomic mass is 15.1. The van der Waals surface area contributed by atoms with Gasteiger partial charge in [-0.1, -0.05) is 46.5 Å². The van der Waals surface area contributed by atoms with Crippen LogP contribution >= 0.6 is 0 Å². The smallest absolute Gasteiger partial charge is 0.0343 e. The van der Waals surface area contributed by atoms with Gasteiger partial charge in [0, 0.05) is 23.5 Å². The van der Waals surface area contributed by atoms with E-state index in [9.17, 15) is 0 Å². The zero-order valence-electron chi connectivity index (χ0n) is 18.0. The van der Waals surface area contributed by atoms with Gasteiger partial charge in [0.05, 0.1) is 0 Å². The Balaban J connectivity index is 2.28. The van der Waals surface area contributed by atoms with Crippen LogP contribution in [-0.2, 0) is 0 Å². The van der Waals surface area contributed by atoms with Gasteiger partial charge in [0.2, 0.25) is 0 Å². The Kier molecular flexibility index (Phi) is 12.2. The number of rotatable bonds is 15. The molecule has 0 fully saturated rings. The fourth-order valence-corrected chi connectivity index (χ4v) is 3.41. The molecular formula is C23H43N3. The van der Waals surface area contributed by atoms with Crippen LogP contribution in [0.1, 0.15) is 79.6 Å². The van der Waals surface area contributed by atoms with Crippen LogP contribution in [0.25, 0.3) is 0 Å². The van der Waals surface area contributed by atoms with Gasteiger partial charge in [-0.3, -0.25) is 0 Å². The minimum Gasteiger partial charge on any atom is -0.383 e. The molecule has 3 heteroatoms. The number of hydrogen-bond donors (Lipinski definition) is 2. The molecule has 1 aromatic carbocycles. The third kappa shape index (κ3) is 10.1. The molecular weight excluding hydrogens is 318 g/mol. The van der Waals surface area contributed by atoms with Crippen molar-refractivity contribution in [1.82, 2.24) is 4.90 Å². The molecule has 3 nitrogen and oxygen atoms in total. The van der Waals surface area contributed by atoms with E-state index in [4.69, 9.17) is 0 Å². The molecule has 2 N–H and O–H groups in total. The zero-order chi connectivity index (χ0) is 19.2. The Hall–Kier alpha value is -1.22. The van der Waals surface area contributed by atoms with Gasteiger partial charge < -0.3 is 15.5 Å². The molecule has 0 spiro atoms. The lowest BCUT2D eigenvalue weighted by Crippen LogP contribution is -2.25. The van der Waals surface area contributed by atoms with Crippen LogP contribution < -0.4 is 10.6 Å². The lowest BCUT2D eigenvalue weighted by Gasteiger charge is -2.20. The van der Waals surface area contributed by atoms with Gasteiger partial charge in [0.15, 0.2) is 0 Å². The average Bonchev–Trinajstić information content (AvgIpc) is 2.64. The summed E-state index contributed by atoms with van der Waals surface area (Å²) in [6.45, 7) is 14.8. The summed E-state index contributed by atoms with van der Waals surface area (Å²) in [4.78, 5) is 2.50. The maximum atomic E-state index is 3.63. The highest BCUT2D eigenvalue weighted by Gasteiger charge is 2.05. The van der Waals surface area contributed by atoms with Gasteiger partial charge in [0.1, 0.15) is 0 Å². The van der Waals surface area contributed by atoms with E-state index in [1.165, 1.54) is 62.9 Å². The molecule has 0 unspecified atom stereocenters. The molecule has 26 heavy (non-hydrogen) atoms. The van der Waals surface area contributed by atoms with E-state index in [-0.39, 0.29) is 0 Å². The fourth-order valence-electron chi connectivity index (χ4n) is 3.41. The monoisotopic (exact) mass is 361 g/mol. The second-order valence-electron chi connectivity index (χ2n) is 7.69. The van der Waals surface area contributed by atoms with Crippen molar-refractivity contribution in [2.24, 2.45) is 0 Å². The highest BCUT2D eigenvalue weighted by molar-refractivity contribution is 5.54. The minimum absolute atomic E-state index is 0.516. The second-order valence-corrected chi connectivity index (χ2v) is 7.69. The van der Waals surface area contributed by atoms with Gasteiger partial charge in [-0.2, -0.15) is 0 Å². The topological polar surface area (TPSA) is 27.3 Å². The molecule has 1 rings (SSSR count). The maximum Gasteiger partial charge on any atom is 0.0343 e. The summed E-state index contributed by atoms with van der Waals surface area (Å²) < 4.78 is 0. The summed E-state index contributed by atoms with van der Waals surface area (Å²) in [6, 6.07) is 9.87. The molecule has 0 aliphatic carbocycles. The van der Waals surface area contributed by atoms with Crippen LogP contribution in [0, 0.1) is 0 Å². The van der Waals surface area contributed by atoms with Gasteiger partial charge >= 0.3 is 0 Å². The van der Waals surface area contributed by atoms with E-state index in [0.29, 0.717) is 12.1 Å². The number of hydrogen-bond acceptors (Lipinski definition) is 3. The van der Waals surface area contributed by atoms with E-state index < -0.39 is 0 Å². The SMILES string of the molecule is CCCCCC[C@H](C)Nc1ccc(N[C@H](C)CCCN(CC)CC)cc1. The zero-order valence-corrected chi connectivity index (χ0v) is 18.0. The van der Waals surface area contributed by atoms with Crippen molar-refractivity contribution in [3.8, 4) is 0 Å². The van der Waals surface area contributed by atoms with E-state index in [1.54, 1.807) is 0 Å². The molecule has 0 heterocycles. The molecule has 0 aliphatic rings. The first-order valence-electron chi connectivity index (χ1n) is 10.9. The van der Waals surface area contributed by atoms with Crippen LogP contribution in [0.5, 0.6) is 0 Å². The molecule has 150 valence electrons. The molecule has 0 aromatic heterocycles. The van der Waals surface area contributed by atoms with E-state index in [2.05, 4.69) is 74.4 Å². The second kappa shape index (κ2) is 13.9. The average molecular weight is 362 g/mol. The minimum atomic E-state index is 0.516. The number of nitrogens with one attached hydrogen (secondary N) is 2. The van der Waals surface area contributed by atoms with Crippen LogP contribution in [0.3, 0.4) is 0 Å². The van der Waals surface area contributed by atoms with Crippen molar-refractivity contribution in [1.29, 1.82) is 0 Å². The molecule has 0 bridgehead atoms. The molecule has 1 aromatic rings. The standard InChI is InChI=1S/C23H43N3/c1-6-9-10-11-13-20(4)24-22-15-17-23(18-16-22)25-21(5)14-12-19-26(7-2)8-3/h15-18,20-21,24-25H,6-14,19H2,1-5H3/t20-,21+/m0/s1. The molecule has 0 saturated heterocycles. The van der Waals surface area contributed by atoms with Crippen molar-refractivity contribution in [3.63, 3.8) is 0 Å². The van der Waals surface area contributed by atoms with Crippen molar-refractivity contribution in [2.45, 2.75) is 91.6 Å². The largest absolute Gasteiger partial charge is 0.383 e. The first-order valence-corrected chi connectivity index (χ1v) is 10.9. The summed E-state index contributed by atoms with van der Waals surface area (Å²) in [7, 11) is 0. The summed E-state index contributed by atoms with van der Waals surface area (Å²) in [5, 5.41) is 7.26. The molecule has 0 aliphatic heterocycles. The van der Waals surface area contributed by atoms with Crippen molar-refractivity contribution >= 4 is 11.4 Å². The molecule has 0 amide bonds. The van der Waals surface area contributed by atoms with E-state index >= 15 is 0 Å². The van der Waals surface area contributed by atoms with Crippen molar-refractivity contribution in [3.05, 3.63) is 24.3 Å².